The van der Waals surface area contributed by atoms with Crippen molar-refractivity contribution in [3.05, 3.63) is 0 Å². The first-order valence-electron chi connectivity index (χ1n) is 4.43. The Kier molecular flexibility index (Phi) is 4.30. The zero-order chi connectivity index (χ0) is 11.3. The summed E-state index contributed by atoms with van der Waals surface area (Å²) in [6.45, 7) is 1.44. The summed E-state index contributed by atoms with van der Waals surface area (Å²) < 4.78 is 38.7. The van der Waals surface area contributed by atoms with Crippen LogP contribution in [-0.2, 0) is 19.6 Å². The zero-order valence-electron chi connectivity index (χ0n) is 8.09. The standard InChI is InChI=1S/C7H13NO6S/c9-7(8-1-3-13-4-2-8)14-5-6-15(10,11)12/h1-6H2,(H,10,11,12). The van der Waals surface area contributed by atoms with Gasteiger partial charge in [-0.05, 0) is 0 Å². The minimum Gasteiger partial charge on any atom is -0.448 e. The van der Waals surface area contributed by atoms with Crippen molar-refractivity contribution in [1.29, 1.82) is 0 Å². The number of hydrogen-bond donors (Lipinski definition) is 1. The Labute approximate surface area is 87.7 Å². The Morgan fingerprint density at radius 2 is 2.00 bits per heavy atom. The summed E-state index contributed by atoms with van der Waals surface area (Å²) in [5, 5.41) is 0. The molecule has 88 valence electrons. The fraction of sp³-hybridized carbons (Fsp3) is 0.857. The van der Waals surface area contributed by atoms with Crippen LogP contribution in [-0.4, -0.2) is 62.6 Å². The molecule has 0 spiro atoms. The second-order valence-electron chi connectivity index (χ2n) is 3.00. The molecular formula is C7H13NO6S. The molecule has 1 rings (SSSR count). The maximum atomic E-state index is 11.3. The average molecular weight is 239 g/mol. The van der Waals surface area contributed by atoms with E-state index < -0.39 is 22.0 Å². The maximum Gasteiger partial charge on any atom is 0.409 e. The zero-order valence-corrected chi connectivity index (χ0v) is 8.90. The molecule has 0 saturated carbocycles. The Balaban J connectivity index is 2.23. The largest absolute Gasteiger partial charge is 0.448 e. The summed E-state index contributed by atoms with van der Waals surface area (Å²) in [5.74, 6) is -0.580. The van der Waals surface area contributed by atoms with E-state index in [2.05, 4.69) is 4.74 Å². The van der Waals surface area contributed by atoms with Gasteiger partial charge < -0.3 is 14.4 Å². The highest BCUT2D eigenvalue weighted by atomic mass is 32.2. The lowest BCUT2D eigenvalue weighted by Gasteiger charge is -2.25. The first-order valence-corrected chi connectivity index (χ1v) is 6.04. The molecule has 0 aromatic carbocycles. The van der Waals surface area contributed by atoms with E-state index in [1.807, 2.05) is 0 Å². The van der Waals surface area contributed by atoms with Crippen LogP contribution in [0.2, 0.25) is 0 Å². The van der Waals surface area contributed by atoms with Gasteiger partial charge in [-0.3, -0.25) is 4.55 Å². The van der Waals surface area contributed by atoms with E-state index in [-0.39, 0.29) is 6.61 Å². The van der Waals surface area contributed by atoms with Gasteiger partial charge in [0.2, 0.25) is 0 Å². The molecule has 1 saturated heterocycles. The minimum atomic E-state index is -4.07. The van der Waals surface area contributed by atoms with Crippen LogP contribution in [0.3, 0.4) is 0 Å². The molecule has 0 unspecified atom stereocenters. The summed E-state index contributed by atoms with van der Waals surface area (Å²) in [7, 11) is -4.07. The Morgan fingerprint density at radius 3 is 2.53 bits per heavy atom. The van der Waals surface area contributed by atoms with Gasteiger partial charge in [0.05, 0.1) is 13.2 Å². The normalized spacial score (nSPS) is 17.5. The van der Waals surface area contributed by atoms with Gasteiger partial charge in [-0.1, -0.05) is 0 Å². The minimum absolute atomic E-state index is 0.338. The van der Waals surface area contributed by atoms with Gasteiger partial charge in [-0.15, -0.1) is 0 Å². The van der Waals surface area contributed by atoms with E-state index in [1.165, 1.54) is 4.90 Å². The number of carbonyl (C=O) groups excluding carboxylic acids is 1. The molecule has 1 fully saturated rings. The van der Waals surface area contributed by atoms with E-state index >= 15 is 0 Å². The van der Waals surface area contributed by atoms with E-state index in [0.29, 0.717) is 26.3 Å². The van der Waals surface area contributed by atoms with Crippen LogP contribution < -0.4 is 0 Å². The Morgan fingerprint density at radius 1 is 1.40 bits per heavy atom. The van der Waals surface area contributed by atoms with Crippen molar-refractivity contribution < 1.29 is 27.2 Å². The van der Waals surface area contributed by atoms with Crippen molar-refractivity contribution in [3.8, 4) is 0 Å². The third-order valence-corrected chi connectivity index (χ3v) is 2.52. The molecule has 1 aliphatic rings. The van der Waals surface area contributed by atoms with Gasteiger partial charge in [0.1, 0.15) is 12.4 Å². The highest BCUT2D eigenvalue weighted by molar-refractivity contribution is 7.85. The van der Waals surface area contributed by atoms with Crippen molar-refractivity contribution in [1.82, 2.24) is 4.90 Å². The van der Waals surface area contributed by atoms with Crippen LogP contribution in [0.5, 0.6) is 0 Å². The summed E-state index contributed by atoms with van der Waals surface area (Å²) in [5.41, 5.74) is 0. The molecule has 1 heterocycles. The van der Waals surface area contributed by atoms with Gasteiger partial charge in [-0.25, -0.2) is 4.79 Å². The Bertz CT molecular complexity index is 307. The molecular weight excluding hydrogens is 226 g/mol. The third-order valence-electron chi connectivity index (χ3n) is 1.84. The average Bonchev–Trinajstić information content (AvgIpc) is 2.17. The van der Waals surface area contributed by atoms with Crippen LogP contribution in [0.25, 0.3) is 0 Å². The summed E-state index contributed by atoms with van der Waals surface area (Å²) in [6, 6.07) is 0. The molecule has 1 aliphatic heterocycles. The summed E-state index contributed by atoms with van der Waals surface area (Å²) in [4.78, 5) is 12.7. The van der Waals surface area contributed by atoms with Crippen molar-refractivity contribution in [3.63, 3.8) is 0 Å². The van der Waals surface area contributed by atoms with E-state index in [9.17, 15) is 13.2 Å². The van der Waals surface area contributed by atoms with Gasteiger partial charge >= 0.3 is 6.09 Å². The predicted octanol–water partition coefficient (Wildman–Crippen LogP) is -0.657. The third kappa shape index (κ3) is 4.96. The monoisotopic (exact) mass is 239 g/mol. The molecule has 1 amide bonds. The van der Waals surface area contributed by atoms with Crippen LogP contribution >= 0.6 is 0 Å². The quantitative estimate of drug-likeness (QED) is 0.657. The number of carbonyl (C=O) groups is 1. The fourth-order valence-electron chi connectivity index (χ4n) is 1.07. The molecule has 0 radical (unpaired) electrons. The van der Waals surface area contributed by atoms with Gasteiger partial charge in [-0.2, -0.15) is 8.42 Å². The number of amides is 1. The molecule has 0 aliphatic carbocycles. The second kappa shape index (κ2) is 5.29. The van der Waals surface area contributed by atoms with Gasteiger partial charge in [0.15, 0.2) is 0 Å². The highest BCUT2D eigenvalue weighted by Crippen LogP contribution is 1.99. The van der Waals surface area contributed by atoms with E-state index in [1.54, 1.807) is 0 Å². The Hall–Kier alpha value is -0.860. The van der Waals surface area contributed by atoms with E-state index in [4.69, 9.17) is 9.29 Å². The lowest BCUT2D eigenvalue weighted by atomic mass is 10.5. The molecule has 15 heavy (non-hydrogen) atoms. The van der Waals surface area contributed by atoms with Crippen LogP contribution in [0, 0.1) is 0 Å². The smallest absolute Gasteiger partial charge is 0.409 e. The highest BCUT2D eigenvalue weighted by Gasteiger charge is 2.18. The number of morpholine rings is 1. The fourth-order valence-corrected chi connectivity index (χ4v) is 1.37. The van der Waals surface area contributed by atoms with Crippen LogP contribution in [0.1, 0.15) is 0 Å². The predicted molar refractivity (Wildman–Crippen MR) is 50.2 cm³/mol. The van der Waals surface area contributed by atoms with Gasteiger partial charge in [0.25, 0.3) is 10.1 Å². The van der Waals surface area contributed by atoms with Crippen molar-refractivity contribution in [2.75, 3.05) is 38.7 Å². The lowest BCUT2D eigenvalue weighted by molar-refractivity contribution is 0.0287. The van der Waals surface area contributed by atoms with Gasteiger partial charge in [0, 0.05) is 13.1 Å². The summed E-state index contributed by atoms with van der Waals surface area (Å²) in [6.07, 6.45) is -0.582. The molecule has 8 heteroatoms. The topological polar surface area (TPSA) is 93.1 Å². The van der Waals surface area contributed by atoms with Crippen molar-refractivity contribution in [2.45, 2.75) is 0 Å². The number of nitrogens with zero attached hydrogens (tertiary/aromatic N) is 1. The molecule has 0 aromatic rings. The van der Waals surface area contributed by atoms with E-state index in [0.717, 1.165) is 0 Å². The lowest BCUT2D eigenvalue weighted by Crippen LogP contribution is -2.41. The van der Waals surface area contributed by atoms with Crippen molar-refractivity contribution >= 4 is 16.2 Å². The SMILES string of the molecule is O=C(OCCS(=O)(=O)O)N1CCOCC1. The molecule has 0 bridgehead atoms. The van der Waals surface area contributed by atoms with Crippen molar-refractivity contribution in [2.24, 2.45) is 0 Å². The molecule has 1 N–H and O–H groups in total. The molecule has 7 nitrogen and oxygen atoms in total. The first-order chi connectivity index (χ1) is 6.99. The molecule has 0 atom stereocenters. The number of ether oxygens (including phenoxy) is 2. The maximum absolute atomic E-state index is 11.3. The first kappa shape index (κ1) is 12.2. The number of rotatable bonds is 3. The second-order valence-corrected chi connectivity index (χ2v) is 4.57. The number of hydrogen-bond acceptors (Lipinski definition) is 5. The molecule has 0 aromatic heterocycles. The summed E-state index contributed by atoms with van der Waals surface area (Å²) >= 11 is 0. The van der Waals surface area contributed by atoms with Crippen LogP contribution in [0.15, 0.2) is 0 Å². The van der Waals surface area contributed by atoms with Crippen LogP contribution in [0.4, 0.5) is 4.79 Å².